The van der Waals surface area contributed by atoms with Crippen LogP contribution in [0, 0.1) is 58.2 Å². The van der Waals surface area contributed by atoms with Crippen LogP contribution < -0.4 is 0 Å². The highest BCUT2D eigenvalue weighted by Gasteiger charge is 3.01. The smallest absolute Gasteiger partial charge is 0.0726 e. The Kier molecular flexibility index (Phi) is 1.00. The highest BCUT2D eigenvalue weighted by atomic mass is 16.3. The van der Waals surface area contributed by atoms with Crippen molar-refractivity contribution in [2.24, 2.45) is 58.2 Å². The van der Waals surface area contributed by atoms with Crippen LogP contribution >= 0.6 is 0 Å². The molecule has 6 saturated carbocycles. The molecule has 90 valence electrons. The van der Waals surface area contributed by atoms with Gasteiger partial charge in [-0.15, -0.1) is 0 Å². The average Bonchev–Trinajstić information content (AvgIpc) is 3.07. The van der Waals surface area contributed by atoms with Crippen molar-refractivity contribution >= 4 is 0 Å². The summed E-state index contributed by atoms with van der Waals surface area (Å²) in [6, 6.07) is 0. The Bertz CT molecular complexity index is 496. The Hall–Kier alpha value is -0.300. The Labute approximate surface area is 102 Å². The molecule has 2 bridgehead atoms. The highest BCUT2D eigenvalue weighted by molar-refractivity contribution is 5.52. The highest BCUT2D eigenvalue weighted by Crippen LogP contribution is 3.04. The molecule has 0 aromatic heterocycles. The third-order valence-corrected chi connectivity index (χ3v) is 8.45. The minimum atomic E-state index is -0.133. The van der Waals surface area contributed by atoms with E-state index in [2.05, 4.69) is 26.0 Å². The number of hydrogen-bond donors (Lipinski definition) is 1. The third-order valence-electron chi connectivity index (χ3n) is 8.45. The largest absolute Gasteiger partial charge is 0.389 e. The SMILES string of the molecule is C[C@@H]1[C@@H](C)[C@H]2[C@@H]3[C@@H]4[C@H]3[C@@H]3[C@]5(C=C[C@H](O)C[C@@]235)[C@H]14. The van der Waals surface area contributed by atoms with Crippen molar-refractivity contribution in [3.63, 3.8) is 0 Å². The lowest BCUT2D eigenvalue weighted by molar-refractivity contribution is -0.0704. The lowest BCUT2D eigenvalue weighted by Crippen LogP contribution is -2.52. The number of aliphatic hydroxyl groups excluding tert-OH is 1. The van der Waals surface area contributed by atoms with Crippen LogP contribution in [0.5, 0.6) is 0 Å². The van der Waals surface area contributed by atoms with Crippen LogP contribution in [0.2, 0.25) is 0 Å². The molecule has 1 heteroatoms. The van der Waals surface area contributed by atoms with E-state index in [1.807, 2.05) is 0 Å². The molecule has 0 radical (unpaired) electrons. The molecular weight excluding hydrogens is 208 g/mol. The Balaban J connectivity index is 1.66. The molecule has 6 fully saturated rings. The average molecular weight is 228 g/mol. The number of allylic oxidation sites excluding steroid dienone is 1. The van der Waals surface area contributed by atoms with E-state index in [0.717, 1.165) is 53.8 Å². The van der Waals surface area contributed by atoms with Gasteiger partial charge in [0.1, 0.15) is 0 Å². The number of fused-ring (bicyclic) bond motifs is 1. The fourth-order valence-corrected chi connectivity index (χ4v) is 8.52. The van der Waals surface area contributed by atoms with Gasteiger partial charge in [-0.2, -0.15) is 0 Å². The molecule has 2 spiro atoms. The van der Waals surface area contributed by atoms with Gasteiger partial charge in [0.15, 0.2) is 0 Å². The predicted octanol–water partition coefficient (Wildman–Crippen LogP) is 2.32. The fraction of sp³-hybridized carbons (Fsp3) is 0.875. The second-order valence-electron chi connectivity index (χ2n) is 8.08. The van der Waals surface area contributed by atoms with Gasteiger partial charge in [-0.25, -0.2) is 0 Å². The van der Waals surface area contributed by atoms with Crippen LogP contribution in [0.25, 0.3) is 0 Å². The van der Waals surface area contributed by atoms with E-state index >= 15 is 0 Å². The molecule has 0 saturated heterocycles. The first-order valence-corrected chi connectivity index (χ1v) is 7.53. The zero-order valence-electron chi connectivity index (χ0n) is 10.5. The lowest BCUT2D eigenvalue weighted by atomic mass is 9.49. The molecular formula is C16H20O. The second-order valence-corrected chi connectivity index (χ2v) is 8.08. The summed E-state index contributed by atoms with van der Waals surface area (Å²) in [7, 11) is 0. The predicted molar refractivity (Wildman–Crippen MR) is 63.9 cm³/mol. The van der Waals surface area contributed by atoms with E-state index in [-0.39, 0.29) is 6.10 Å². The zero-order valence-corrected chi connectivity index (χ0v) is 10.5. The summed E-state index contributed by atoms with van der Waals surface area (Å²) in [6.07, 6.45) is 5.60. The maximum Gasteiger partial charge on any atom is 0.0726 e. The summed E-state index contributed by atoms with van der Waals surface area (Å²) in [5.41, 5.74) is 1.18. The van der Waals surface area contributed by atoms with Gasteiger partial charge in [0.25, 0.3) is 0 Å². The van der Waals surface area contributed by atoms with Crippen LogP contribution in [0.1, 0.15) is 20.3 Å². The van der Waals surface area contributed by atoms with Crippen molar-refractivity contribution < 1.29 is 5.11 Å². The van der Waals surface area contributed by atoms with Crippen molar-refractivity contribution in [3.8, 4) is 0 Å². The van der Waals surface area contributed by atoms with Crippen LogP contribution in [0.4, 0.5) is 0 Å². The minimum absolute atomic E-state index is 0.133. The van der Waals surface area contributed by atoms with Crippen LogP contribution in [-0.2, 0) is 0 Å². The number of hydrogen-bond acceptors (Lipinski definition) is 1. The monoisotopic (exact) mass is 228 g/mol. The minimum Gasteiger partial charge on any atom is -0.389 e. The number of aliphatic hydroxyl groups is 1. The van der Waals surface area contributed by atoms with Gasteiger partial charge in [-0.3, -0.25) is 0 Å². The quantitative estimate of drug-likeness (QED) is 0.631. The molecule has 0 amide bonds. The lowest BCUT2D eigenvalue weighted by Gasteiger charge is -2.55. The molecule has 0 unspecified atom stereocenters. The van der Waals surface area contributed by atoms with E-state index in [1.165, 1.54) is 0 Å². The van der Waals surface area contributed by atoms with Gasteiger partial charge in [-0.1, -0.05) is 26.0 Å². The first-order valence-electron chi connectivity index (χ1n) is 7.53. The standard InChI is InChI=1S/C16H20O/c1-6-7(2)13-10-9-11(10)14-15(12(6)9)4-3-8(17)5-16(13,14)15/h3-4,6-14,17H,5H2,1-2H3/t6-,7-,8+,9-,10-,11-,12-,13+,14-,15+,16-/m1/s1. The molecule has 0 aromatic rings. The summed E-state index contributed by atoms with van der Waals surface area (Å²) in [5.74, 6) is 8.12. The summed E-state index contributed by atoms with van der Waals surface area (Å²) in [4.78, 5) is 0. The van der Waals surface area contributed by atoms with Crippen molar-refractivity contribution in [3.05, 3.63) is 12.2 Å². The van der Waals surface area contributed by atoms with Crippen LogP contribution in [-0.4, -0.2) is 11.2 Å². The van der Waals surface area contributed by atoms with Gasteiger partial charge < -0.3 is 5.11 Å². The van der Waals surface area contributed by atoms with E-state index in [1.54, 1.807) is 0 Å². The first-order chi connectivity index (χ1) is 8.16. The van der Waals surface area contributed by atoms with Crippen molar-refractivity contribution in [2.75, 3.05) is 0 Å². The summed E-state index contributed by atoms with van der Waals surface area (Å²) in [5, 5.41) is 10.1. The summed E-state index contributed by atoms with van der Waals surface area (Å²) >= 11 is 0. The van der Waals surface area contributed by atoms with Gasteiger partial charge in [0.05, 0.1) is 6.10 Å². The first kappa shape index (κ1) is 8.74. The van der Waals surface area contributed by atoms with Gasteiger partial charge in [-0.05, 0) is 59.2 Å². The maximum absolute atomic E-state index is 10.1. The van der Waals surface area contributed by atoms with E-state index < -0.39 is 0 Å². The van der Waals surface area contributed by atoms with E-state index in [0.29, 0.717) is 10.8 Å². The summed E-state index contributed by atoms with van der Waals surface area (Å²) < 4.78 is 0. The molecule has 7 aliphatic carbocycles. The molecule has 1 N–H and O–H groups in total. The second kappa shape index (κ2) is 1.95. The third kappa shape index (κ3) is 0.514. The Morgan fingerprint density at radius 1 is 1.06 bits per heavy atom. The van der Waals surface area contributed by atoms with Gasteiger partial charge in [0.2, 0.25) is 0 Å². The Morgan fingerprint density at radius 2 is 1.76 bits per heavy atom. The maximum atomic E-state index is 10.1. The van der Waals surface area contributed by atoms with E-state index in [4.69, 9.17) is 0 Å². The fourth-order valence-electron chi connectivity index (χ4n) is 8.52. The molecule has 17 heavy (non-hydrogen) atoms. The van der Waals surface area contributed by atoms with Crippen molar-refractivity contribution in [1.82, 2.24) is 0 Å². The molecule has 0 aromatic carbocycles. The van der Waals surface area contributed by atoms with E-state index in [9.17, 15) is 5.11 Å². The molecule has 7 aliphatic rings. The Morgan fingerprint density at radius 3 is 2.59 bits per heavy atom. The number of rotatable bonds is 0. The summed E-state index contributed by atoms with van der Waals surface area (Å²) in [6.45, 7) is 5.03. The topological polar surface area (TPSA) is 20.2 Å². The molecule has 7 rings (SSSR count). The van der Waals surface area contributed by atoms with Crippen LogP contribution in [0.3, 0.4) is 0 Å². The van der Waals surface area contributed by atoms with Gasteiger partial charge >= 0.3 is 0 Å². The molecule has 11 atom stereocenters. The normalized spacial score (nSPS) is 83.6. The molecule has 0 aliphatic heterocycles. The van der Waals surface area contributed by atoms with Gasteiger partial charge in [0, 0.05) is 5.41 Å². The van der Waals surface area contributed by atoms with Crippen molar-refractivity contribution in [1.29, 1.82) is 0 Å². The van der Waals surface area contributed by atoms with Crippen LogP contribution in [0.15, 0.2) is 12.2 Å². The molecule has 0 heterocycles. The zero-order chi connectivity index (χ0) is 11.3. The van der Waals surface area contributed by atoms with Crippen molar-refractivity contribution in [2.45, 2.75) is 26.4 Å². The molecule has 1 nitrogen and oxygen atoms in total.